The van der Waals surface area contributed by atoms with Crippen LogP contribution >= 0.6 is 0 Å². The van der Waals surface area contributed by atoms with Crippen LogP contribution in [-0.2, 0) is 0 Å². The van der Waals surface area contributed by atoms with Crippen molar-refractivity contribution in [3.05, 3.63) is 0 Å². The van der Waals surface area contributed by atoms with Crippen LogP contribution in [0.25, 0.3) is 0 Å². The summed E-state index contributed by atoms with van der Waals surface area (Å²) in [6.07, 6.45) is 0.636. The molecule has 13 heavy (non-hydrogen) atoms. The van der Waals surface area contributed by atoms with Gasteiger partial charge in [0.05, 0.1) is 0 Å². The molecule has 78 valence electrons. The summed E-state index contributed by atoms with van der Waals surface area (Å²) < 4.78 is 13.8. The summed E-state index contributed by atoms with van der Waals surface area (Å²) in [6.45, 7) is 13.0. The van der Waals surface area contributed by atoms with Crippen molar-refractivity contribution in [1.82, 2.24) is 4.90 Å². The van der Waals surface area contributed by atoms with Gasteiger partial charge in [0.15, 0.2) is 0 Å². The van der Waals surface area contributed by atoms with Gasteiger partial charge in [-0.15, -0.1) is 0 Å². The Kier molecular flexibility index (Phi) is 2.27. The molecule has 1 aliphatic rings. The largest absolute Gasteiger partial charge is 0.290 e. The lowest BCUT2D eigenvalue weighted by atomic mass is 9.93. The van der Waals surface area contributed by atoms with E-state index in [0.29, 0.717) is 13.0 Å². The number of alkyl halides is 1. The quantitative estimate of drug-likeness (QED) is 0.563. The summed E-state index contributed by atoms with van der Waals surface area (Å²) in [4.78, 5) is 2.26. The van der Waals surface area contributed by atoms with Gasteiger partial charge < -0.3 is 0 Å². The molecule has 1 heterocycles. The van der Waals surface area contributed by atoms with Crippen LogP contribution in [0.5, 0.6) is 0 Å². The first-order chi connectivity index (χ1) is 5.55. The molecule has 0 saturated carbocycles. The van der Waals surface area contributed by atoms with Gasteiger partial charge in [0, 0.05) is 24.0 Å². The number of halogens is 1. The Morgan fingerprint density at radius 1 is 1.15 bits per heavy atom. The minimum atomic E-state index is -1.02. The monoisotopic (exact) mass is 187 g/mol. The van der Waals surface area contributed by atoms with Crippen molar-refractivity contribution in [2.75, 3.05) is 6.54 Å². The zero-order valence-electron chi connectivity index (χ0n) is 9.74. The van der Waals surface area contributed by atoms with Crippen LogP contribution in [-0.4, -0.2) is 28.2 Å². The van der Waals surface area contributed by atoms with E-state index in [1.54, 1.807) is 6.92 Å². The fraction of sp³-hybridized carbons (Fsp3) is 1.00. The van der Waals surface area contributed by atoms with Gasteiger partial charge in [-0.2, -0.15) is 0 Å². The summed E-state index contributed by atoms with van der Waals surface area (Å²) in [5.41, 5.74) is -0.966. The van der Waals surface area contributed by atoms with Gasteiger partial charge in [-0.05, 0) is 41.5 Å². The third kappa shape index (κ3) is 2.22. The van der Waals surface area contributed by atoms with Gasteiger partial charge in [0.1, 0.15) is 5.67 Å². The normalized spacial score (nSPS) is 35.3. The van der Waals surface area contributed by atoms with Crippen molar-refractivity contribution < 1.29 is 4.39 Å². The zero-order valence-corrected chi connectivity index (χ0v) is 9.74. The molecular formula is C11H22FN. The first kappa shape index (κ1) is 11.0. The van der Waals surface area contributed by atoms with Gasteiger partial charge in [0.25, 0.3) is 0 Å². The fourth-order valence-corrected chi connectivity index (χ4v) is 2.74. The van der Waals surface area contributed by atoms with Gasteiger partial charge in [-0.3, -0.25) is 4.90 Å². The van der Waals surface area contributed by atoms with E-state index in [9.17, 15) is 4.39 Å². The molecule has 0 aromatic rings. The Morgan fingerprint density at radius 2 is 1.62 bits per heavy atom. The van der Waals surface area contributed by atoms with E-state index in [1.807, 2.05) is 0 Å². The van der Waals surface area contributed by atoms with Gasteiger partial charge in [-0.25, -0.2) is 4.39 Å². The third-order valence-corrected chi connectivity index (χ3v) is 2.83. The Labute approximate surface area is 81.3 Å². The SMILES string of the molecule is CC1(F)CN(C(C)(C)C)C(C)(C)C1. The topological polar surface area (TPSA) is 3.24 Å². The van der Waals surface area contributed by atoms with Crippen LogP contribution in [0.1, 0.15) is 48.0 Å². The van der Waals surface area contributed by atoms with Crippen molar-refractivity contribution in [3.8, 4) is 0 Å². The molecule has 0 N–H and O–H groups in total. The van der Waals surface area contributed by atoms with E-state index < -0.39 is 5.67 Å². The van der Waals surface area contributed by atoms with Crippen LogP contribution in [0.4, 0.5) is 4.39 Å². The number of nitrogens with zero attached hydrogens (tertiary/aromatic N) is 1. The van der Waals surface area contributed by atoms with Crippen molar-refractivity contribution in [2.24, 2.45) is 0 Å². The highest BCUT2D eigenvalue weighted by Gasteiger charge is 2.49. The van der Waals surface area contributed by atoms with E-state index >= 15 is 0 Å². The minimum absolute atomic E-state index is 0.0122. The summed E-state index contributed by atoms with van der Waals surface area (Å²) >= 11 is 0. The van der Waals surface area contributed by atoms with Crippen LogP contribution in [0.15, 0.2) is 0 Å². The van der Waals surface area contributed by atoms with Gasteiger partial charge in [-0.1, -0.05) is 0 Å². The van der Waals surface area contributed by atoms with Crippen molar-refractivity contribution in [1.29, 1.82) is 0 Å². The lowest BCUT2D eigenvalue weighted by Crippen LogP contribution is -2.50. The maximum atomic E-state index is 13.8. The number of rotatable bonds is 0. The smallest absolute Gasteiger partial charge is 0.122 e. The molecule has 0 amide bonds. The molecule has 0 radical (unpaired) electrons. The predicted octanol–water partition coefficient (Wildman–Crippen LogP) is 3.00. The molecule has 0 aromatic heterocycles. The van der Waals surface area contributed by atoms with Crippen LogP contribution in [0, 0.1) is 0 Å². The summed E-state index contributed by atoms with van der Waals surface area (Å²) in [7, 11) is 0. The molecular weight excluding hydrogens is 165 g/mol. The second-order valence-electron chi connectivity index (χ2n) is 6.16. The lowest BCUT2D eigenvalue weighted by molar-refractivity contribution is 0.0626. The number of hydrogen-bond donors (Lipinski definition) is 0. The predicted molar refractivity (Wildman–Crippen MR) is 54.7 cm³/mol. The average Bonchev–Trinajstić information content (AvgIpc) is 1.97. The molecule has 1 aliphatic heterocycles. The van der Waals surface area contributed by atoms with E-state index in [-0.39, 0.29) is 11.1 Å². The maximum absolute atomic E-state index is 13.8. The van der Waals surface area contributed by atoms with E-state index in [4.69, 9.17) is 0 Å². The standard InChI is InChI=1S/C11H22FN/c1-9(2,3)13-8-11(6,12)7-10(13,4)5/h7-8H2,1-6H3. The summed E-state index contributed by atoms with van der Waals surface area (Å²) in [5.74, 6) is 0. The third-order valence-electron chi connectivity index (χ3n) is 2.83. The molecule has 1 unspecified atom stereocenters. The molecule has 2 heteroatoms. The highest BCUT2D eigenvalue weighted by molar-refractivity contribution is 5.04. The van der Waals surface area contributed by atoms with E-state index in [1.165, 1.54) is 0 Å². The highest BCUT2D eigenvalue weighted by Crippen LogP contribution is 2.41. The Bertz CT molecular complexity index is 201. The fourth-order valence-electron chi connectivity index (χ4n) is 2.74. The van der Waals surface area contributed by atoms with Crippen molar-refractivity contribution in [3.63, 3.8) is 0 Å². The first-order valence-corrected chi connectivity index (χ1v) is 5.01. The van der Waals surface area contributed by atoms with Crippen LogP contribution in [0.3, 0.4) is 0 Å². The number of hydrogen-bond acceptors (Lipinski definition) is 1. The van der Waals surface area contributed by atoms with Crippen LogP contribution in [0.2, 0.25) is 0 Å². The van der Waals surface area contributed by atoms with Crippen molar-refractivity contribution in [2.45, 2.75) is 64.7 Å². The maximum Gasteiger partial charge on any atom is 0.122 e. The average molecular weight is 187 g/mol. The Hall–Kier alpha value is -0.110. The molecule has 1 nitrogen and oxygen atoms in total. The van der Waals surface area contributed by atoms with E-state index in [0.717, 1.165) is 0 Å². The molecule has 0 aromatic carbocycles. The molecule has 0 spiro atoms. The minimum Gasteiger partial charge on any atom is -0.290 e. The zero-order chi connectivity index (χ0) is 10.5. The summed E-state index contributed by atoms with van der Waals surface area (Å²) in [5, 5.41) is 0. The molecule has 1 atom stereocenters. The van der Waals surface area contributed by atoms with Crippen molar-refractivity contribution >= 4 is 0 Å². The number of likely N-dealkylation sites (tertiary alicyclic amines) is 1. The van der Waals surface area contributed by atoms with E-state index in [2.05, 4.69) is 39.5 Å². The molecule has 1 saturated heterocycles. The summed E-state index contributed by atoms with van der Waals surface area (Å²) in [6, 6.07) is 0. The lowest BCUT2D eigenvalue weighted by Gasteiger charge is -2.41. The Morgan fingerprint density at radius 3 is 1.77 bits per heavy atom. The second kappa shape index (κ2) is 2.69. The van der Waals surface area contributed by atoms with Gasteiger partial charge >= 0.3 is 0 Å². The molecule has 0 aliphatic carbocycles. The molecule has 1 rings (SSSR count). The molecule has 1 fully saturated rings. The highest BCUT2D eigenvalue weighted by atomic mass is 19.1. The van der Waals surface area contributed by atoms with Gasteiger partial charge in [0.2, 0.25) is 0 Å². The second-order valence-corrected chi connectivity index (χ2v) is 6.16. The Balaban J connectivity index is 2.89. The molecule has 0 bridgehead atoms. The van der Waals surface area contributed by atoms with Crippen LogP contribution < -0.4 is 0 Å². The first-order valence-electron chi connectivity index (χ1n) is 5.01.